The molecule has 1 aromatic carbocycles. The second-order valence-corrected chi connectivity index (χ2v) is 3.97. The fourth-order valence-corrected chi connectivity index (χ4v) is 1.50. The van der Waals surface area contributed by atoms with Gasteiger partial charge in [0.05, 0.1) is 12.2 Å². The Balaban J connectivity index is 2.35. The number of phenolic OH excluding ortho intramolecular Hbond substituents is 1. The molecule has 1 aromatic rings. The summed E-state index contributed by atoms with van der Waals surface area (Å²) in [4.78, 5) is 11.8. The van der Waals surface area contributed by atoms with Crippen LogP contribution in [0.1, 0.15) is 15.9 Å². The topological polar surface area (TPSA) is 70.6 Å². The van der Waals surface area contributed by atoms with Gasteiger partial charge in [0.15, 0.2) is 0 Å². The molecule has 0 aliphatic carbocycles. The van der Waals surface area contributed by atoms with Crippen molar-refractivity contribution in [2.45, 2.75) is 6.92 Å². The van der Waals surface area contributed by atoms with Crippen LogP contribution in [0.4, 0.5) is 0 Å². The molecule has 0 radical (unpaired) electrons. The molecule has 0 aliphatic heterocycles. The van der Waals surface area contributed by atoms with Crippen molar-refractivity contribution in [1.82, 2.24) is 10.6 Å². The third-order valence-electron chi connectivity index (χ3n) is 2.55. The first-order chi connectivity index (χ1) is 8.66. The van der Waals surface area contributed by atoms with Gasteiger partial charge in [-0.3, -0.25) is 4.79 Å². The zero-order valence-electron chi connectivity index (χ0n) is 10.8. The van der Waals surface area contributed by atoms with Crippen LogP contribution in [-0.4, -0.2) is 44.4 Å². The predicted octanol–water partition coefficient (Wildman–Crippen LogP) is 0.666. The molecule has 0 fully saturated rings. The summed E-state index contributed by atoms with van der Waals surface area (Å²) in [5.74, 6) is -0.216. The summed E-state index contributed by atoms with van der Waals surface area (Å²) in [5, 5.41) is 15.6. The first-order valence-corrected chi connectivity index (χ1v) is 5.93. The Bertz CT molecular complexity index is 394. The molecule has 0 atom stereocenters. The first-order valence-electron chi connectivity index (χ1n) is 5.93. The molecule has 0 heterocycles. The lowest BCUT2D eigenvalue weighted by Crippen LogP contribution is -2.33. The van der Waals surface area contributed by atoms with E-state index in [4.69, 9.17) is 4.74 Å². The average Bonchev–Trinajstić information content (AvgIpc) is 2.36. The Morgan fingerprint density at radius 1 is 1.33 bits per heavy atom. The number of carbonyl (C=O) groups is 1. The summed E-state index contributed by atoms with van der Waals surface area (Å²) >= 11 is 0. The van der Waals surface area contributed by atoms with Crippen LogP contribution in [0, 0.1) is 6.92 Å². The molecule has 0 bridgehead atoms. The minimum atomic E-state index is -0.259. The van der Waals surface area contributed by atoms with Gasteiger partial charge < -0.3 is 20.5 Å². The number of methoxy groups -OCH3 is 1. The number of hydrogen-bond donors (Lipinski definition) is 3. The van der Waals surface area contributed by atoms with E-state index in [1.165, 1.54) is 0 Å². The number of para-hydroxylation sites is 1. The maximum Gasteiger partial charge on any atom is 0.255 e. The average molecular weight is 252 g/mol. The van der Waals surface area contributed by atoms with Crippen LogP contribution in [0.15, 0.2) is 18.2 Å². The number of benzene rings is 1. The molecular weight excluding hydrogens is 232 g/mol. The van der Waals surface area contributed by atoms with E-state index in [1.807, 2.05) is 0 Å². The molecule has 18 heavy (non-hydrogen) atoms. The SMILES string of the molecule is COCCNCCNC(=O)c1cccc(C)c1O. The highest BCUT2D eigenvalue weighted by atomic mass is 16.5. The van der Waals surface area contributed by atoms with Gasteiger partial charge in [0.1, 0.15) is 5.75 Å². The molecule has 100 valence electrons. The maximum atomic E-state index is 11.8. The van der Waals surface area contributed by atoms with Crippen molar-refractivity contribution in [2.24, 2.45) is 0 Å². The van der Waals surface area contributed by atoms with Crippen LogP contribution in [0.3, 0.4) is 0 Å². The van der Waals surface area contributed by atoms with Crippen molar-refractivity contribution < 1.29 is 14.6 Å². The molecule has 0 saturated heterocycles. The Kier molecular flexibility index (Phi) is 6.18. The van der Waals surface area contributed by atoms with Gasteiger partial charge in [-0.1, -0.05) is 12.1 Å². The number of aryl methyl sites for hydroxylation is 1. The number of nitrogens with one attached hydrogen (secondary N) is 2. The van der Waals surface area contributed by atoms with Gasteiger partial charge in [0.25, 0.3) is 5.91 Å². The van der Waals surface area contributed by atoms with Gasteiger partial charge in [-0.05, 0) is 18.6 Å². The predicted molar refractivity (Wildman–Crippen MR) is 69.9 cm³/mol. The van der Waals surface area contributed by atoms with Gasteiger partial charge in [0.2, 0.25) is 0 Å². The van der Waals surface area contributed by atoms with Crippen LogP contribution in [0.2, 0.25) is 0 Å². The third-order valence-corrected chi connectivity index (χ3v) is 2.55. The molecule has 1 amide bonds. The minimum absolute atomic E-state index is 0.0438. The van der Waals surface area contributed by atoms with Gasteiger partial charge >= 0.3 is 0 Å². The maximum absolute atomic E-state index is 11.8. The van der Waals surface area contributed by atoms with Crippen molar-refractivity contribution >= 4 is 5.91 Å². The van der Waals surface area contributed by atoms with Crippen LogP contribution in [0.5, 0.6) is 5.75 Å². The zero-order valence-corrected chi connectivity index (χ0v) is 10.8. The quantitative estimate of drug-likeness (QED) is 0.624. The lowest BCUT2D eigenvalue weighted by molar-refractivity contribution is 0.0951. The van der Waals surface area contributed by atoms with Crippen molar-refractivity contribution in [3.8, 4) is 5.75 Å². The highest BCUT2D eigenvalue weighted by molar-refractivity contribution is 5.97. The lowest BCUT2D eigenvalue weighted by Gasteiger charge is -2.09. The second kappa shape index (κ2) is 7.68. The van der Waals surface area contributed by atoms with E-state index in [0.29, 0.717) is 30.8 Å². The van der Waals surface area contributed by atoms with E-state index in [2.05, 4.69) is 10.6 Å². The Labute approximate surface area is 107 Å². The van der Waals surface area contributed by atoms with Gasteiger partial charge in [-0.15, -0.1) is 0 Å². The molecule has 0 unspecified atom stereocenters. The summed E-state index contributed by atoms with van der Waals surface area (Å²) < 4.78 is 4.88. The fraction of sp³-hybridized carbons (Fsp3) is 0.462. The summed E-state index contributed by atoms with van der Waals surface area (Å²) in [7, 11) is 1.64. The number of amides is 1. The molecule has 0 aliphatic rings. The number of phenols is 1. The Morgan fingerprint density at radius 3 is 2.83 bits per heavy atom. The zero-order chi connectivity index (χ0) is 13.4. The van der Waals surface area contributed by atoms with Crippen LogP contribution in [-0.2, 0) is 4.74 Å². The number of ether oxygens (including phenoxy) is 1. The number of rotatable bonds is 7. The van der Waals surface area contributed by atoms with E-state index < -0.39 is 0 Å². The standard InChI is InChI=1S/C13H20N2O3/c1-10-4-3-5-11(12(10)16)13(17)15-7-6-14-8-9-18-2/h3-5,14,16H,6-9H2,1-2H3,(H,15,17). The van der Waals surface area contributed by atoms with Crippen molar-refractivity contribution in [1.29, 1.82) is 0 Å². The second-order valence-electron chi connectivity index (χ2n) is 3.97. The third kappa shape index (κ3) is 4.35. The largest absolute Gasteiger partial charge is 0.507 e. The van der Waals surface area contributed by atoms with Gasteiger partial charge in [-0.25, -0.2) is 0 Å². The minimum Gasteiger partial charge on any atom is -0.507 e. The fourth-order valence-electron chi connectivity index (χ4n) is 1.50. The van der Waals surface area contributed by atoms with Gasteiger partial charge in [-0.2, -0.15) is 0 Å². The molecule has 5 heteroatoms. The lowest BCUT2D eigenvalue weighted by atomic mass is 10.1. The van der Waals surface area contributed by atoms with Crippen molar-refractivity contribution in [3.63, 3.8) is 0 Å². The van der Waals surface area contributed by atoms with E-state index in [-0.39, 0.29) is 11.7 Å². The normalized spacial score (nSPS) is 10.3. The molecule has 0 aromatic heterocycles. The highest BCUT2D eigenvalue weighted by Crippen LogP contribution is 2.20. The Morgan fingerprint density at radius 2 is 2.11 bits per heavy atom. The summed E-state index contributed by atoms with van der Waals surface area (Å²) in [6.45, 7) is 4.34. The van der Waals surface area contributed by atoms with Crippen LogP contribution in [0.25, 0.3) is 0 Å². The Hall–Kier alpha value is -1.59. The number of carbonyl (C=O) groups excluding carboxylic acids is 1. The number of aromatic hydroxyl groups is 1. The van der Waals surface area contributed by atoms with E-state index in [0.717, 1.165) is 6.54 Å². The summed E-state index contributed by atoms with van der Waals surface area (Å²) in [5.41, 5.74) is 1.01. The molecule has 0 saturated carbocycles. The van der Waals surface area contributed by atoms with Crippen molar-refractivity contribution in [3.05, 3.63) is 29.3 Å². The van der Waals surface area contributed by atoms with E-state index >= 15 is 0 Å². The molecule has 5 nitrogen and oxygen atoms in total. The van der Waals surface area contributed by atoms with E-state index in [9.17, 15) is 9.90 Å². The monoisotopic (exact) mass is 252 g/mol. The first kappa shape index (κ1) is 14.5. The van der Waals surface area contributed by atoms with Crippen LogP contribution >= 0.6 is 0 Å². The van der Waals surface area contributed by atoms with Crippen molar-refractivity contribution in [2.75, 3.05) is 33.4 Å². The molecule has 0 spiro atoms. The van der Waals surface area contributed by atoms with Gasteiger partial charge in [0, 0.05) is 26.7 Å². The smallest absolute Gasteiger partial charge is 0.255 e. The molecule has 3 N–H and O–H groups in total. The van der Waals surface area contributed by atoms with E-state index in [1.54, 1.807) is 32.2 Å². The number of hydrogen-bond acceptors (Lipinski definition) is 4. The highest BCUT2D eigenvalue weighted by Gasteiger charge is 2.11. The van der Waals surface area contributed by atoms with Crippen LogP contribution < -0.4 is 10.6 Å². The summed E-state index contributed by atoms with van der Waals surface area (Å²) in [6.07, 6.45) is 0. The molecular formula is C13H20N2O3. The molecule has 1 rings (SSSR count). The summed E-state index contributed by atoms with van der Waals surface area (Å²) in [6, 6.07) is 5.12.